The fourth-order valence-corrected chi connectivity index (χ4v) is 3.11. The molecule has 100 valence electrons. The van der Waals surface area contributed by atoms with Crippen LogP contribution in [0, 0.1) is 0 Å². The maximum absolute atomic E-state index is 11.6. The minimum absolute atomic E-state index is 0.0208. The molecule has 0 bridgehead atoms. The van der Waals surface area contributed by atoms with E-state index in [1.807, 2.05) is 4.90 Å². The van der Waals surface area contributed by atoms with E-state index in [0.717, 1.165) is 19.4 Å². The number of primary amides is 1. The van der Waals surface area contributed by atoms with Crippen LogP contribution in [0.4, 0.5) is 0 Å². The fourth-order valence-electron chi connectivity index (χ4n) is 1.86. The van der Waals surface area contributed by atoms with Crippen molar-refractivity contribution in [1.29, 1.82) is 0 Å². The monoisotopic (exact) mass is 264 g/mol. The van der Waals surface area contributed by atoms with Crippen molar-refractivity contribution in [1.82, 2.24) is 4.90 Å². The molecule has 3 N–H and O–H groups in total. The molecule has 6 nitrogen and oxygen atoms in total. The van der Waals surface area contributed by atoms with E-state index in [1.54, 1.807) is 0 Å². The predicted molar refractivity (Wildman–Crippen MR) is 64.1 cm³/mol. The zero-order valence-electron chi connectivity index (χ0n) is 9.84. The van der Waals surface area contributed by atoms with Crippen LogP contribution in [0.25, 0.3) is 0 Å². The van der Waals surface area contributed by atoms with E-state index in [9.17, 15) is 18.3 Å². The summed E-state index contributed by atoms with van der Waals surface area (Å²) in [5, 5.41) is 9.43. The number of hydrogen-bond donors (Lipinski definition) is 2. The second-order valence-corrected chi connectivity index (χ2v) is 6.77. The van der Waals surface area contributed by atoms with E-state index < -0.39 is 15.7 Å². The molecule has 0 saturated carbocycles. The number of carbonyl (C=O) groups excluding carboxylic acids is 1. The number of amides is 1. The molecule has 1 aliphatic rings. The quantitative estimate of drug-likeness (QED) is 0.623. The molecule has 7 heteroatoms. The zero-order chi connectivity index (χ0) is 12.9. The number of nitrogens with two attached hydrogens (primary N) is 1. The molecule has 1 fully saturated rings. The Bertz CT molecular complexity index is 355. The Morgan fingerprint density at radius 1 is 1.41 bits per heavy atom. The molecule has 0 aromatic carbocycles. The molecule has 0 unspecified atom stereocenters. The Kier molecular flexibility index (Phi) is 5.35. The summed E-state index contributed by atoms with van der Waals surface area (Å²) < 4.78 is 23.1. The average Bonchev–Trinajstić information content (AvgIpc) is 2.24. The van der Waals surface area contributed by atoms with Gasteiger partial charge in [-0.1, -0.05) is 0 Å². The van der Waals surface area contributed by atoms with Crippen LogP contribution in [-0.2, 0) is 14.6 Å². The van der Waals surface area contributed by atoms with E-state index in [4.69, 9.17) is 5.73 Å². The maximum atomic E-state index is 11.6. The minimum atomic E-state index is -3.22. The van der Waals surface area contributed by atoms with Gasteiger partial charge in [0.15, 0.2) is 9.84 Å². The first kappa shape index (κ1) is 14.4. The Hall–Kier alpha value is -0.660. The smallest absolute Gasteiger partial charge is 0.218 e. The number of piperidine rings is 1. The van der Waals surface area contributed by atoms with Gasteiger partial charge in [-0.3, -0.25) is 9.69 Å². The summed E-state index contributed by atoms with van der Waals surface area (Å²) in [6.07, 6.45) is 1.20. The first-order valence-corrected chi connectivity index (χ1v) is 7.60. The molecule has 17 heavy (non-hydrogen) atoms. The highest BCUT2D eigenvalue weighted by molar-refractivity contribution is 7.91. The summed E-state index contributed by atoms with van der Waals surface area (Å²) in [5.41, 5.74) is 4.91. The molecule has 0 aromatic rings. The van der Waals surface area contributed by atoms with Gasteiger partial charge in [-0.2, -0.15) is 0 Å². The lowest BCUT2D eigenvalue weighted by Crippen LogP contribution is -2.40. The van der Waals surface area contributed by atoms with Crippen LogP contribution >= 0.6 is 0 Å². The van der Waals surface area contributed by atoms with Gasteiger partial charge in [0.25, 0.3) is 0 Å². The molecule has 1 atom stereocenters. The number of hydrogen-bond acceptors (Lipinski definition) is 5. The largest absolute Gasteiger partial charge is 0.392 e. The lowest BCUT2D eigenvalue weighted by Gasteiger charge is -2.29. The van der Waals surface area contributed by atoms with Gasteiger partial charge >= 0.3 is 0 Å². The molecule has 1 aliphatic heterocycles. The minimum Gasteiger partial charge on any atom is -0.392 e. The van der Waals surface area contributed by atoms with E-state index in [2.05, 4.69) is 0 Å². The summed E-state index contributed by atoms with van der Waals surface area (Å²) in [7, 11) is -3.22. The number of carbonyl (C=O) groups is 1. The number of aliphatic hydroxyl groups excluding tert-OH is 1. The molecule has 0 aromatic heterocycles. The van der Waals surface area contributed by atoms with Crippen molar-refractivity contribution in [2.24, 2.45) is 5.73 Å². The van der Waals surface area contributed by atoms with E-state index in [0.29, 0.717) is 13.1 Å². The van der Waals surface area contributed by atoms with Gasteiger partial charge in [0.1, 0.15) is 0 Å². The highest BCUT2D eigenvalue weighted by Crippen LogP contribution is 2.09. The summed E-state index contributed by atoms with van der Waals surface area (Å²) >= 11 is 0. The van der Waals surface area contributed by atoms with E-state index in [1.165, 1.54) is 0 Å². The fraction of sp³-hybridized carbons (Fsp3) is 0.900. The topological polar surface area (TPSA) is 101 Å². The van der Waals surface area contributed by atoms with Gasteiger partial charge in [0.2, 0.25) is 5.91 Å². The molecule has 1 rings (SSSR count). The number of likely N-dealkylation sites (tertiary alicyclic amines) is 1. The van der Waals surface area contributed by atoms with Gasteiger partial charge < -0.3 is 10.8 Å². The van der Waals surface area contributed by atoms with Gasteiger partial charge in [-0.15, -0.1) is 0 Å². The summed E-state index contributed by atoms with van der Waals surface area (Å²) in [4.78, 5) is 12.4. The van der Waals surface area contributed by atoms with Gasteiger partial charge in [-0.05, 0) is 19.4 Å². The molecule has 0 spiro atoms. The van der Waals surface area contributed by atoms with Crippen LogP contribution in [0.5, 0.6) is 0 Å². The molecule has 1 heterocycles. The van der Waals surface area contributed by atoms with Gasteiger partial charge in [0.05, 0.1) is 17.6 Å². The first-order chi connectivity index (χ1) is 7.89. The highest BCUT2D eigenvalue weighted by atomic mass is 32.2. The Morgan fingerprint density at radius 3 is 2.71 bits per heavy atom. The third-order valence-corrected chi connectivity index (χ3v) is 4.49. The van der Waals surface area contributed by atoms with Crippen LogP contribution in [0.3, 0.4) is 0 Å². The second kappa shape index (κ2) is 6.32. The SMILES string of the molecule is NC(=O)CCS(=O)(=O)CCN1CCC[C@H](O)C1. The summed E-state index contributed by atoms with van der Waals surface area (Å²) in [5.74, 6) is -0.756. The van der Waals surface area contributed by atoms with Crippen molar-refractivity contribution in [2.75, 3.05) is 31.1 Å². The first-order valence-electron chi connectivity index (χ1n) is 5.78. The zero-order valence-corrected chi connectivity index (χ0v) is 10.7. The van der Waals surface area contributed by atoms with Crippen LogP contribution in [0.15, 0.2) is 0 Å². The average molecular weight is 264 g/mol. The molecular formula is C10H20N2O4S. The summed E-state index contributed by atoms with van der Waals surface area (Å²) in [6, 6.07) is 0. The third-order valence-electron chi connectivity index (χ3n) is 2.86. The maximum Gasteiger partial charge on any atom is 0.218 e. The number of sulfone groups is 1. The lowest BCUT2D eigenvalue weighted by molar-refractivity contribution is -0.117. The normalized spacial score (nSPS) is 22.5. The standard InChI is InChI=1S/C10H20N2O4S/c11-10(14)3-6-17(15,16)7-5-12-4-1-2-9(13)8-12/h9,13H,1-8H2,(H2,11,14)/t9-/m0/s1. The van der Waals surface area contributed by atoms with Crippen molar-refractivity contribution in [3.63, 3.8) is 0 Å². The van der Waals surface area contributed by atoms with Crippen LogP contribution in [-0.4, -0.2) is 61.6 Å². The van der Waals surface area contributed by atoms with Crippen molar-refractivity contribution < 1.29 is 18.3 Å². The van der Waals surface area contributed by atoms with Crippen LogP contribution < -0.4 is 5.73 Å². The van der Waals surface area contributed by atoms with Crippen molar-refractivity contribution in [3.8, 4) is 0 Å². The van der Waals surface area contributed by atoms with Crippen molar-refractivity contribution in [2.45, 2.75) is 25.4 Å². The molecule has 0 radical (unpaired) electrons. The number of rotatable bonds is 6. The number of nitrogens with zero attached hydrogens (tertiary/aromatic N) is 1. The van der Waals surface area contributed by atoms with Crippen LogP contribution in [0.2, 0.25) is 0 Å². The molecular weight excluding hydrogens is 244 g/mol. The summed E-state index contributed by atoms with van der Waals surface area (Å²) in [6.45, 7) is 1.77. The predicted octanol–water partition coefficient (Wildman–Crippen LogP) is -1.27. The van der Waals surface area contributed by atoms with Crippen LogP contribution in [0.1, 0.15) is 19.3 Å². The number of β-amino-alcohol motifs (C(OH)–C–C–N with tert-alkyl or cyclic N) is 1. The van der Waals surface area contributed by atoms with Gasteiger partial charge in [0, 0.05) is 19.5 Å². The van der Waals surface area contributed by atoms with Crippen molar-refractivity contribution >= 4 is 15.7 Å². The van der Waals surface area contributed by atoms with E-state index >= 15 is 0 Å². The third kappa shape index (κ3) is 5.99. The molecule has 1 amide bonds. The molecule has 0 aliphatic carbocycles. The Balaban J connectivity index is 2.31. The highest BCUT2D eigenvalue weighted by Gasteiger charge is 2.20. The van der Waals surface area contributed by atoms with E-state index in [-0.39, 0.29) is 24.0 Å². The Labute approximate surface area is 102 Å². The van der Waals surface area contributed by atoms with Gasteiger partial charge in [-0.25, -0.2) is 8.42 Å². The lowest BCUT2D eigenvalue weighted by atomic mass is 10.1. The molecule has 1 saturated heterocycles. The second-order valence-electron chi connectivity index (χ2n) is 4.46. The number of aliphatic hydroxyl groups is 1. The van der Waals surface area contributed by atoms with Crippen molar-refractivity contribution in [3.05, 3.63) is 0 Å². The Morgan fingerprint density at radius 2 is 2.12 bits per heavy atom.